The summed E-state index contributed by atoms with van der Waals surface area (Å²) in [6.07, 6.45) is 0. The molecule has 142 valence electrons. The van der Waals surface area contributed by atoms with Gasteiger partial charge in [0.1, 0.15) is 23.9 Å². The number of para-hydroxylation sites is 1. The highest BCUT2D eigenvalue weighted by molar-refractivity contribution is 5.85. The molecule has 0 aliphatic rings. The molecule has 5 heteroatoms. The Morgan fingerprint density at radius 3 is 2.41 bits per heavy atom. The van der Waals surface area contributed by atoms with Gasteiger partial charge in [-0.25, -0.2) is 4.39 Å². The number of ether oxygens (including phenoxy) is 2. The van der Waals surface area contributed by atoms with E-state index in [1.165, 1.54) is 12.1 Å². The van der Waals surface area contributed by atoms with Gasteiger partial charge in [-0.3, -0.25) is 0 Å². The van der Waals surface area contributed by atoms with Gasteiger partial charge in [0, 0.05) is 18.7 Å². The third-order valence-corrected chi connectivity index (χ3v) is 4.05. The summed E-state index contributed by atoms with van der Waals surface area (Å²) in [6, 6.07) is 22.3. The summed E-state index contributed by atoms with van der Waals surface area (Å²) in [4.78, 5) is 0. The number of hydrogen-bond donors (Lipinski definition) is 1. The Morgan fingerprint density at radius 1 is 0.852 bits per heavy atom. The molecule has 3 nitrogen and oxygen atoms in total. The van der Waals surface area contributed by atoms with Crippen LogP contribution in [0.25, 0.3) is 0 Å². The van der Waals surface area contributed by atoms with Crippen molar-refractivity contribution >= 4 is 12.4 Å². The highest BCUT2D eigenvalue weighted by Crippen LogP contribution is 2.18. The smallest absolute Gasteiger partial charge is 0.123 e. The van der Waals surface area contributed by atoms with E-state index in [4.69, 9.17) is 9.47 Å². The maximum absolute atomic E-state index is 12.9. The summed E-state index contributed by atoms with van der Waals surface area (Å²) >= 11 is 0. The molecule has 1 N–H and O–H groups in total. The SMILES string of the molecule is COc1ccccc1CNCc1cccc(OCc2ccc(F)cc2)c1.Cl. The molecule has 0 spiro atoms. The van der Waals surface area contributed by atoms with E-state index in [1.807, 2.05) is 42.5 Å². The van der Waals surface area contributed by atoms with E-state index in [9.17, 15) is 4.39 Å². The molecule has 0 bridgehead atoms. The van der Waals surface area contributed by atoms with Gasteiger partial charge in [0.15, 0.2) is 0 Å². The lowest BCUT2D eigenvalue weighted by Crippen LogP contribution is -2.13. The van der Waals surface area contributed by atoms with Gasteiger partial charge < -0.3 is 14.8 Å². The van der Waals surface area contributed by atoms with E-state index < -0.39 is 0 Å². The van der Waals surface area contributed by atoms with Gasteiger partial charge in [-0.1, -0.05) is 42.5 Å². The van der Waals surface area contributed by atoms with Crippen LogP contribution in [0.5, 0.6) is 11.5 Å². The van der Waals surface area contributed by atoms with E-state index in [1.54, 1.807) is 19.2 Å². The number of hydrogen-bond acceptors (Lipinski definition) is 3. The van der Waals surface area contributed by atoms with Crippen LogP contribution in [0, 0.1) is 5.82 Å². The molecule has 0 atom stereocenters. The molecule has 0 aliphatic heterocycles. The summed E-state index contributed by atoms with van der Waals surface area (Å²) in [7, 11) is 1.68. The Morgan fingerprint density at radius 2 is 1.63 bits per heavy atom. The van der Waals surface area contributed by atoms with E-state index in [0.717, 1.165) is 41.3 Å². The monoisotopic (exact) mass is 387 g/mol. The Hall–Kier alpha value is -2.56. The standard InChI is InChI=1S/C22H22FNO2.ClH/c1-25-22-8-3-2-6-19(22)15-24-14-18-5-4-7-21(13-18)26-16-17-9-11-20(23)12-10-17;/h2-13,24H,14-16H2,1H3;1H. The quantitative estimate of drug-likeness (QED) is 0.581. The maximum atomic E-state index is 12.9. The second-order valence-electron chi connectivity index (χ2n) is 5.98. The zero-order valence-corrected chi connectivity index (χ0v) is 16.0. The van der Waals surface area contributed by atoms with E-state index in [0.29, 0.717) is 6.61 Å². The summed E-state index contributed by atoms with van der Waals surface area (Å²) in [5.74, 6) is 1.44. The Labute approximate surface area is 165 Å². The number of rotatable bonds is 8. The second kappa shape index (κ2) is 10.6. The van der Waals surface area contributed by atoms with Crippen LogP contribution in [0.2, 0.25) is 0 Å². The van der Waals surface area contributed by atoms with Gasteiger partial charge >= 0.3 is 0 Å². The lowest BCUT2D eigenvalue weighted by Gasteiger charge is -2.11. The maximum Gasteiger partial charge on any atom is 0.123 e. The van der Waals surface area contributed by atoms with Crippen molar-refractivity contribution < 1.29 is 13.9 Å². The van der Waals surface area contributed by atoms with Crippen molar-refractivity contribution in [2.45, 2.75) is 19.7 Å². The first kappa shape index (κ1) is 20.7. The molecule has 0 fully saturated rings. The summed E-state index contributed by atoms with van der Waals surface area (Å²) < 4.78 is 24.1. The van der Waals surface area contributed by atoms with Crippen molar-refractivity contribution in [3.63, 3.8) is 0 Å². The molecule has 0 aliphatic carbocycles. The topological polar surface area (TPSA) is 30.5 Å². The van der Waals surface area contributed by atoms with Crippen LogP contribution in [0.1, 0.15) is 16.7 Å². The predicted octanol–water partition coefficient (Wildman–Crippen LogP) is 5.12. The van der Waals surface area contributed by atoms with Gasteiger partial charge in [0.2, 0.25) is 0 Å². The van der Waals surface area contributed by atoms with E-state index >= 15 is 0 Å². The molecule has 0 radical (unpaired) electrons. The summed E-state index contributed by atoms with van der Waals surface area (Å²) in [6.45, 7) is 1.87. The zero-order chi connectivity index (χ0) is 18.2. The van der Waals surface area contributed by atoms with Crippen molar-refractivity contribution in [2.24, 2.45) is 0 Å². The van der Waals surface area contributed by atoms with Crippen LogP contribution in [-0.4, -0.2) is 7.11 Å². The van der Waals surface area contributed by atoms with E-state index in [-0.39, 0.29) is 18.2 Å². The molecule has 0 saturated heterocycles. The molecule has 3 aromatic carbocycles. The van der Waals surface area contributed by atoms with Gasteiger partial charge in [0.25, 0.3) is 0 Å². The fourth-order valence-corrected chi connectivity index (χ4v) is 2.68. The fourth-order valence-electron chi connectivity index (χ4n) is 2.68. The Balaban J connectivity index is 0.00000261. The van der Waals surface area contributed by atoms with Crippen molar-refractivity contribution in [3.05, 3.63) is 95.3 Å². The molecular weight excluding hydrogens is 365 g/mol. The van der Waals surface area contributed by atoms with Crippen LogP contribution in [0.4, 0.5) is 4.39 Å². The zero-order valence-electron chi connectivity index (χ0n) is 15.2. The van der Waals surface area contributed by atoms with Crippen LogP contribution in [0.15, 0.2) is 72.8 Å². The lowest BCUT2D eigenvalue weighted by atomic mass is 10.2. The highest BCUT2D eigenvalue weighted by Gasteiger charge is 2.02. The normalized spacial score (nSPS) is 10.1. The largest absolute Gasteiger partial charge is 0.496 e. The first-order chi connectivity index (χ1) is 12.7. The molecule has 0 unspecified atom stereocenters. The Bertz CT molecular complexity index is 840. The Kier molecular flexibility index (Phi) is 8.11. The summed E-state index contributed by atoms with van der Waals surface area (Å²) in [5.41, 5.74) is 3.20. The van der Waals surface area contributed by atoms with Gasteiger partial charge in [-0.05, 0) is 41.5 Å². The molecule has 3 aromatic rings. The first-order valence-electron chi connectivity index (χ1n) is 8.53. The number of nitrogens with one attached hydrogen (secondary N) is 1. The van der Waals surface area contributed by atoms with Crippen molar-refractivity contribution in [1.29, 1.82) is 0 Å². The number of benzene rings is 3. The van der Waals surface area contributed by atoms with Crippen molar-refractivity contribution in [1.82, 2.24) is 5.32 Å². The van der Waals surface area contributed by atoms with E-state index in [2.05, 4.69) is 11.4 Å². The molecule has 0 amide bonds. The third kappa shape index (κ3) is 6.27. The molecule has 0 heterocycles. The van der Waals surface area contributed by atoms with Crippen LogP contribution < -0.4 is 14.8 Å². The number of methoxy groups -OCH3 is 1. The minimum atomic E-state index is -0.239. The molecule has 27 heavy (non-hydrogen) atoms. The minimum Gasteiger partial charge on any atom is -0.496 e. The predicted molar refractivity (Wildman–Crippen MR) is 108 cm³/mol. The highest BCUT2D eigenvalue weighted by atomic mass is 35.5. The van der Waals surface area contributed by atoms with Crippen LogP contribution in [-0.2, 0) is 19.7 Å². The van der Waals surface area contributed by atoms with Crippen molar-refractivity contribution in [2.75, 3.05) is 7.11 Å². The molecular formula is C22H23ClFNO2. The van der Waals surface area contributed by atoms with Gasteiger partial charge in [0.05, 0.1) is 7.11 Å². The number of halogens is 2. The average molecular weight is 388 g/mol. The van der Waals surface area contributed by atoms with Crippen LogP contribution >= 0.6 is 12.4 Å². The minimum absolute atomic E-state index is 0. The molecule has 3 rings (SSSR count). The van der Waals surface area contributed by atoms with Crippen LogP contribution in [0.3, 0.4) is 0 Å². The molecule has 0 saturated carbocycles. The molecule has 0 aromatic heterocycles. The summed E-state index contributed by atoms with van der Waals surface area (Å²) in [5, 5.41) is 3.42. The third-order valence-electron chi connectivity index (χ3n) is 4.05. The second-order valence-corrected chi connectivity index (χ2v) is 5.98. The van der Waals surface area contributed by atoms with Gasteiger partial charge in [-0.15, -0.1) is 12.4 Å². The fraction of sp³-hybridized carbons (Fsp3) is 0.182. The lowest BCUT2D eigenvalue weighted by molar-refractivity contribution is 0.305. The van der Waals surface area contributed by atoms with Crippen molar-refractivity contribution in [3.8, 4) is 11.5 Å². The first-order valence-corrected chi connectivity index (χ1v) is 8.53. The van der Waals surface area contributed by atoms with Gasteiger partial charge in [-0.2, -0.15) is 0 Å². The average Bonchev–Trinajstić information content (AvgIpc) is 2.68.